The van der Waals surface area contributed by atoms with Crippen molar-refractivity contribution in [1.29, 1.82) is 0 Å². The second-order valence-corrected chi connectivity index (χ2v) is 5.85. The van der Waals surface area contributed by atoms with Crippen LogP contribution in [0.4, 0.5) is 0 Å². The number of piperidine rings is 1. The van der Waals surface area contributed by atoms with Gasteiger partial charge in [-0.05, 0) is 50.6 Å². The van der Waals surface area contributed by atoms with Crippen molar-refractivity contribution in [3.63, 3.8) is 0 Å². The van der Waals surface area contributed by atoms with Crippen LogP contribution in [0.5, 0.6) is 0 Å². The van der Waals surface area contributed by atoms with Gasteiger partial charge < -0.3 is 10.6 Å². The predicted molar refractivity (Wildman–Crippen MR) is 69.4 cm³/mol. The first kappa shape index (κ1) is 12.4. The topological polar surface area (TPSA) is 29.3 Å². The molecule has 2 fully saturated rings. The molecule has 0 radical (unpaired) electrons. The Morgan fingerprint density at radius 2 is 1.94 bits per heavy atom. The van der Waals surface area contributed by atoms with Gasteiger partial charge in [0.2, 0.25) is 0 Å². The third-order valence-electron chi connectivity index (χ3n) is 4.72. The lowest BCUT2D eigenvalue weighted by Gasteiger charge is -2.41. The predicted octanol–water partition coefficient (Wildman–Crippen LogP) is 2.63. The van der Waals surface area contributed by atoms with Crippen LogP contribution < -0.4 is 5.73 Å². The van der Waals surface area contributed by atoms with Crippen molar-refractivity contribution in [1.82, 2.24) is 4.90 Å². The Hall–Kier alpha value is -0.0800. The maximum Gasteiger partial charge on any atom is 0.00483 e. The number of likely N-dealkylation sites (tertiary alicyclic amines) is 1. The van der Waals surface area contributed by atoms with Crippen LogP contribution in [0.2, 0.25) is 0 Å². The lowest BCUT2D eigenvalue weighted by molar-refractivity contribution is 0.0847. The molecule has 1 saturated carbocycles. The van der Waals surface area contributed by atoms with Crippen molar-refractivity contribution in [3.8, 4) is 0 Å². The van der Waals surface area contributed by atoms with Crippen molar-refractivity contribution in [2.24, 2.45) is 17.6 Å². The highest BCUT2D eigenvalue weighted by Crippen LogP contribution is 2.35. The van der Waals surface area contributed by atoms with Gasteiger partial charge in [-0.25, -0.2) is 0 Å². The fourth-order valence-corrected chi connectivity index (χ4v) is 3.43. The van der Waals surface area contributed by atoms with Crippen molar-refractivity contribution in [2.75, 3.05) is 19.6 Å². The highest BCUT2D eigenvalue weighted by atomic mass is 15.1. The number of nitrogens with zero attached hydrogens (tertiary/aromatic N) is 1. The summed E-state index contributed by atoms with van der Waals surface area (Å²) in [4.78, 5) is 2.67. The van der Waals surface area contributed by atoms with Gasteiger partial charge in [0, 0.05) is 12.6 Å². The molecule has 1 aliphatic heterocycles. The van der Waals surface area contributed by atoms with E-state index in [1.54, 1.807) is 0 Å². The fourth-order valence-electron chi connectivity index (χ4n) is 3.43. The minimum Gasteiger partial charge on any atom is -0.328 e. The molecule has 2 N–H and O–H groups in total. The van der Waals surface area contributed by atoms with Gasteiger partial charge in [-0.1, -0.05) is 26.2 Å². The number of nitrogens with two attached hydrogens (primary N) is 1. The molecule has 2 aliphatic rings. The molecule has 3 unspecified atom stereocenters. The van der Waals surface area contributed by atoms with E-state index in [0.29, 0.717) is 6.04 Å². The van der Waals surface area contributed by atoms with Crippen LogP contribution in [0.25, 0.3) is 0 Å². The Labute approximate surface area is 101 Å². The van der Waals surface area contributed by atoms with E-state index >= 15 is 0 Å². The minimum atomic E-state index is 0.420. The Balaban J connectivity index is 1.72. The van der Waals surface area contributed by atoms with Gasteiger partial charge in [0.25, 0.3) is 0 Å². The molecule has 1 aliphatic carbocycles. The molecule has 2 nitrogen and oxygen atoms in total. The van der Waals surface area contributed by atoms with Crippen LogP contribution in [-0.2, 0) is 0 Å². The quantitative estimate of drug-likeness (QED) is 0.795. The molecule has 1 heterocycles. The zero-order valence-electron chi connectivity index (χ0n) is 10.8. The van der Waals surface area contributed by atoms with Crippen LogP contribution in [0.3, 0.4) is 0 Å². The van der Waals surface area contributed by atoms with Crippen molar-refractivity contribution in [3.05, 3.63) is 0 Å². The van der Waals surface area contributed by atoms with Crippen LogP contribution in [0.1, 0.15) is 51.9 Å². The molecular formula is C14H28N2. The Kier molecular flexibility index (Phi) is 4.66. The lowest BCUT2D eigenvalue weighted by atomic mass is 9.75. The number of rotatable bonds is 4. The molecule has 0 aromatic heterocycles. The summed E-state index contributed by atoms with van der Waals surface area (Å²) < 4.78 is 0. The monoisotopic (exact) mass is 224 g/mol. The van der Waals surface area contributed by atoms with E-state index < -0.39 is 0 Å². The number of hydrogen-bond donors (Lipinski definition) is 1. The van der Waals surface area contributed by atoms with Gasteiger partial charge in [-0.2, -0.15) is 0 Å². The fraction of sp³-hybridized carbons (Fsp3) is 1.00. The maximum absolute atomic E-state index is 6.00. The minimum absolute atomic E-state index is 0.420. The Bertz CT molecular complexity index is 205. The first-order valence-electron chi connectivity index (χ1n) is 7.27. The normalized spacial score (nSPS) is 33.4. The van der Waals surface area contributed by atoms with Crippen LogP contribution in [-0.4, -0.2) is 30.6 Å². The highest BCUT2D eigenvalue weighted by Gasteiger charge is 2.30. The zero-order valence-corrected chi connectivity index (χ0v) is 10.8. The second kappa shape index (κ2) is 6.02. The molecule has 16 heavy (non-hydrogen) atoms. The summed E-state index contributed by atoms with van der Waals surface area (Å²) in [6, 6.07) is 0.420. The SMILES string of the molecule is CCC(N)CCN1CCC2CCCCC2C1. The number of hydrogen-bond acceptors (Lipinski definition) is 2. The first-order valence-corrected chi connectivity index (χ1v) is 7.27. The summed E-state index contributed by atoms with van der Waals surface area (Å²) in [5.41, 5.74) is 6.00. The molecule has 3 atom stereocenters. The van der Waals surface area contributed by atoms with Crippen molar-refractivity contribution in [2.45, 2.75) is 57.9 Å². The molecule has 1 saturated heterocycles. The van der Waals surface area contributed by atoms with Crippen molar-refractivity contribution >= 4 is 0 Å². The molecule has 94 valence electrons. The summed E-state index contributed by atoms with van der Waals surface area (Å²) in [6.07, 6.45) is 9.72. The Morgan fingerprint density at radius 3 is 2.69 bits per heavy atom. The van der Waals surface area contributed by atoms with Crippen LogP contribution in [0, 0.1) is 11.8 Å². The maximum atomic E-state index is 6.00. The van der Waals surface area contributed by atoms with Gasteiger partial charge in [0.05, 0.1) is 0 Å². The highest BCUT2D eigenvalue weighted by molar-refractivity contribution is 4.83. The third kappa shape index (κ3) is 3.21. The van der Waals surface area contributed by atoms with Gasteiger partial charge in [0.1, 0.15) is 0 Å². The van der Waals surface area contributed by atoms with Gasteiger partial charge in [0.15, 0.2) is 0 Å². The van der Waals surface area contributed by atoms with Crippen LogP contribution >= 0.6 is 0 Å². The third-order valence-corrected chi connectivity index (χ3v) is 4.72. The van der Waals surface area contributed by atoms with E-state index in [-0.39, 0.29) is 0 Å². The van der Waals surface area contributed by atoms with E-state index in [0.717, 1.165) is 18.3 Å². The van der Waals surface area contributed by atoms with Crippen LogP contribution in [0.15, 0.2) is 0 Å². The van der Waals surface area contributed by atoms with Gasteiger partial charge in [-0.3, -0.25) is 0 Å². The number of fused-ring (bicyclic) bond motifs is 1. The average Bonchev–Trinajstić information content (AvgIpc) is 2.35. The van der Waals surface area contributed by atoms with Gasteiger partial charge >= 0.3 is 0 Å². The smallest absolute Gasteiger partial charge is 0.00483 e. The summed E-state index contributed by atoms with van der Waals surface area (Å²) in [5, 5.41) is 0. The molecule has 2 heteroatoms. The van der Waals surface area contributed by atoms with E-state index in [2.05, 4.69) is 11.8 Å². The first-order chi connectivity index (χ1) is 7.79. The largest absolute Gasteiger partial charge is 0.328 e. The van der Waals surface area contributed by atoms with E-state index in [1.807, 2.05) is 0 Å². The molecule has 0 bridgehead atoms. The lowest BCUT2D eigenvalue weighted by Crippen LogP contribution is -2.43. The van der Waals surface area contributed by atoms with Crippen molar-refractivity contribution < 1.29 is 0 Å². The molecule has 0 aromatic rings. The average molecular weight is 224 g/mol. The summed E-state index contributed by atoms with van der Waals surface area (Å²) in [7, 11) is 0. The standard InChI is InChI=1S/C14H28N2/c1-2-14(15)8-10-16-9-7-12-5-3-4-6-13(12)11-16/h12-14H,2-11,15H2,1H3. The van der Waals surface area contributed by atoms with E-state index in [9.17, 15) is 0 Å². The molecule has 0 amide bonds. The molecule has 0 spiro atoms. The second-order valence-electron chi connectivity index (χ2n) is 5.85. The molecular weight excluding hydrogens is 196 g/mol. The Morgan fingerprint density at radius 1 is 1.19 bits per heavy atom. The van der Waals surface area contributed by atoms with Gasteiger partial charge in [-0.15, -0.1) is 0 Å². The van der Waals surface area contributed by atoms with E-state index in [1.165, 1.54) is 58.2 Å². The summed E-state index contributed by atoms with van der Waals surface area (Å²) in [5.74, 6) is 2.07. The zero-order chi connectivity index (χ0) is 11.4. The summed E-state index contributed by atoms with van der Waals surface area (Å²) >= 11 is 0. The van der Waals surface area contributed by atoms with E-state index in [4.69, 9.17) is 5.73 Å². The molecule has 0 aromatic carbocycles. The molecule has 2 rings (SSSR count). The summed E-state index contributed by atoms with van der Waals surface area (Å²) in [6.45, 7) is 6.12.